The Morgan fingerprint density at radius 1 is 1.31 bits per heavy atom. The maximum atomic E-state index is 13.2. The van der Waals surface area contributed by atoms with Crippen LogP contribution in [0.3, 0.4) is 0 Å². The molecule has 1 aromatic carbocycles. The average molecular weight is 361 g/mol. The van der Waals surface area contributed by atoms with Gasteiger partial charge in [-0.25, -0.2) is 4.39 Å². The molecule has 0 saturated carbocycles. The summed E-state index contributed by atoms with van der Waals surface area (Å²) < 4.78 is 13.2. The lowest BCUT2D eigenvalue weighted by Gasteiger charge is -2.41. The summed E-state index contributed by atoms with van der Waals surface area (Å²) in [6, 6.07) is 7.10. The number of piperidine rings is 1. The Morgan fingerprint density at radius 3 is 2.50 bits per heavy atom. The second-order valence-corrected chi connectivity index (χ2v) is 7.29. The maximum Gasteiger partial charge on any atom is 0.224 e. The molecule has 1 heterocycles. The van der Waals surface area contributed by atoms with E-state index in [1.165, 1.54) is 37.8 Å². The Kier molecular flexibility index (Phi) is 8.30. The van der Waals surface area contributed by atoms with Crippen molar-refractivity contribution in [2.24, 2.45) is 0 Å². The highest BCUT2D eigenvalue weighted by molar-refractivity contribution is 5.92. The molecule has 0 spiro atoms. The van der Waals surface area contributed by atoms with E-state index in [1.54, 1.807) is 19.1 Å². The van der Waals surface area contributed by atoms with Crippen molar-refractivity contribution in [2.75, 3.05) is 18.0 Å². The molecule has 1 unspecified atom stereocenters. The smallest absolute Gasteiger partial charge is 0.224 e. The monoisotopic (exact) mass is 360 g/mol. The molecule has 0 aliphatic carbocycles. The van der Waals surface area contributed by atoms with Gasteiger partial charge < -0.3 is 9.80 Å². The predicted octanol–water partition coefficient (Wildman–Crippen LogP) is 5.17. The molecule has 1 amide bonds. The lowest BCUT2D eigenvalue weighted by Crippen LogP contribution is -2.49. The third-order valence-corrected chi connectivity index (χ3v) is 5.39. The zero-order valence-electron chi connectivity index (χ0n) is 16.3. The molecule has 1 aromatic rings. The number of carbonyl (C=O) groups is 1. The molecule has 0 aromatic heterocycles. The van der Waals surface area contributed by atoms with Gasteiger partial charge in [0.2, 0.25) is 5.91 Å². The van der Waals surface area contributed by atoms with Gasteiger partial charge in [0.15, 0.2) is 0 Å². The highest BCUT2D eigenvalue weighted by atomic mass is 19.1. The number of benzene rings is 1. The second kappa shape index (κ2) is 10.5. The first kappa shape index (κ1) is 20.6. The van der Waals surface area contributed by atoms with Crippen molar-refractivity contribution >= 4 is 11.6 Å². The minimum absolute atomic E-state index is 0.0335. The van der Waals surface area contributed by atoms with Crippen LogP contribution >= 0.6 is 0 Å². The Labute approximate surface area is 157 Å². The summed E-state index contributed by atoms with van der Waals surface area (Å²) in [6.07, 6.45) is 9.88. The fraction of sp³-hybridized carbons (Fsp3) is 0.591. The van der Waals surface area contributed by atoms with Crippen LogP contribution in [0.2, 0.25) is 0 Å². The number of carbonyl (C=O) groups excluding carboxylic acids is 1. The molecule has 0 radical (unpaired) electrons. The first-order valence-corrected chi connectivity index (χ1v) is 9.97. The van der Waals surface area contributed by atoms with Crippen molar-refractivity contribution in [3.8, 4) is 0 Å². The van der Waals surface area contributed by atoms with Crippen LogP contribution in [0, 0.1) is 5.82 Å². The number of likely N-dealkylation sites (tertiary alicyclic amines) is 1. The Hall–Kier alpha value is -1.68. The first-order chi connectivity index (χ1) is 12.6. The summed E-state index contributed by atoms with van der Waals surface area (Å²) in [4.78, 5) is 16.7. The van der Waals surface area contributed by atoms with Crippen molar-refractivity contribution in [2.45, 2.75) is 70.9 Å². The van der Waals surface area contributed by atoms with Gasteiger partial charge in [-0.2, -0.15) is 0 Å². The van der Waals surface area contributed by atoms with Gasteiger partial charge >= 0.3 is 0 Å². The van der Waals surface area contributed by atoms with Crippen molar-refractivity contribution in [1.29, 1.82) is 0 Å². The second-order valence-electron chi connectivity index (χ2n) is 7.29. The molecule has 0 N–H and O–H groups in total. The summed E-state index contributed by atoms with van der Waals surface area (Å²) in [7, 11) is 0. The number of unbranched alkanes of at least 4 members (excludes halogenated alkanes) is 1. The summed E-state index contributed by atoms with van der Waals surface area (Å²) in [5, 5.41) is 0. The van der Waals surface area contributed by atoms with Crippen LogP contribution in [0.4, 0.5) is 10.1 Å². The van der Waals surface area contributed by atoms with Gasteiger partial charge in [0.25, 0.3) is 0 Å². The third kappa shape index (κ3) is 5.66. The van der Waals surface area contributed by atoms with Crippen LogP contribution in [0.1, 0.15) is 58.8 Å². The van der Waals surface area contributed by atoms with Crippen molar-refractivity contribution < 1.29 is 9.18 Å². The molecule has 4 heteroatoms. The summed E-state index contributed by atoms with van der Waals surface area (Å²) in [6.45, 7) is 9.72. The topological polar surface area (TPSA) is 23.6 Å². The molecule has 1 saturated heterocycles. The van der Waals surface area contributed by atoms with Gasteiger partial charge in [-0.3, -0.25) is 4.79 Å². The number of rotatable bonds is 9. The molecule has 1 aliphatic heterocycles. The lowest BCUT2D eigenvalue weighted by molar-refractivity contribution is -0.117. The number of hydrogen-bond acceptors (Lipinski definition) is 2. The first-order valence-electron chi connectivity index (χ1n) is 9.97. The molecule has 1 aliphatic rings. The minimum Gasteiger partial charge on any atom is -0.310 e. The number of anilines is 1. The molecule has 1 atom stereocenters. The molecular weight excluding hydrogens is 327 g/mol. The normalized spacial score (nSPS) is 17.0. The number of nitrogens with zero attached hydrogens (tertiary/aromatic N) is 2. The Balaban J connectivity index is 1.98. The van der Waals surface area contributed by atoms with E-state index in [4.69, 9.17) is 0 Å². The SMILES string of the molecule is C=CCCCC(CCC)N1CCC(N(C(C)=O)c2ccc(F)cc2)CC1. The van der Waals surface area contributed by atoms with E-state index < -0.39 is 0 Å². The average Bonchev–Trinajstić information content (AvgIpc) is 2.63. The summed E-state index contributed by atoms with van der Waals surface area (Å²) in [5.74, 6) is -0.236. The standard InChI is InChI=1S/C22H33FN2O/c1-4-6-7-9-20(8-5-2)24-16-14-22(15-17-24)25(18(3)26)21-12-10-19(23)11-13-21/h4,10-13,20,22H,1,5-9,14-17H2,2-3H3. The molecule has 1 fully saturated rings. The maximum absolute atomic E-state index is 13.2. The van der Waals surface area contributed by atoms with E-state index in [0.29, 0.717) is 6.04 Å². The summed E-state index contributed by atoms with van der Waals surface area (Å²) >= 11 is 0. The highest BCUT2D eigenvalue weighted by Crippen LogP contribution is 2.27. The number of halogens is 1. The fourth-order valence-electron chi connectivity index (χ4n) is 4.10. The number of amides is 1. The van der Waals surface area contributed by atoms with Gasteiger partial charge in [-0.1, -0.05) is 19.4 Å². The molecule has 0 bridgehead atoms. The Morgan fingerprint density at radius 2 is 1.96 bits per heavy atom. The highest BCUT2D eigenvalue weighted by Gasteiger charge is 2.29. The lowest BCUT2D eigenvalue weighted by atomic mass is 9.96. The zero-order valence-corrected chi connectivity index (χ0v) is 16.3. The molecular formula is C22H33FN2O. The quantitative estimate of drug-likeness (QED) is 0.448. The van der Waals surface area contributed by atoms with Crippen LogP contribution in [0.5, 0.6) is 0 Å². The summed E-state index contributed by atoms with van der Waals surface area (Å²) in [5.41, 5.74) is 0.799. The fourth-order valence-corrected chi connectivity index (χ4v) is 4.10. The molecule has 26 heavy (non-hydrogen) atoms. The van der Waals surface area contributed by atoms with Crippen LogP contribution in [-0.2, 0) is 4.79 Å². The van der Waals surface area contributed by atoms with Crippen LogP contribution in [0.15, 0.2) is 36.9 Å². The van der Waals surface area contributed by atoms with Gasteiger partial charge in [0.05, 0.1) is 0 Å². The molecule has 144 valence electrons. The van der Waals surface area contributed by atoms with Crippen LogP contribution in [-0.4, -0.2) is 36.0 Å². The van der Waals surface area contributed by atoms with Crippen molar-refractivity contribution in [3.63, 3.8) is 0 Å². The minimum atomic E-state index is -0.269. The van der Waals surface area contributed by atoms with Gasteiger partial charge in [0, 0.05) is 37.8 Å². The van der Waals surface area contributed by atoms with Gasteiger partial charge in [-0.15, -0.1) is 6.58 Å². The number of hydrogen-bond donors (Lipinski definition) is 0. The van der Waals surface area contributed by atoms with E-state index in [2.05, 4.69) is 18.4 Å². The van der Waals surface area contributed by atoms with Crippen molar-refractivity contribution in [1.82, 2.24) is 4.90 Å². The van der Waals surface area contributed by atoms with E-state index >= 15 is 0 Å². The van der Waals surface area contributed by atoms with Crippen molar-refractivity contribution in [3.05, 3.63) is 42.7 Å². The van der Waals surface area contributed by atoms with E-state index in [9.17, 15) is 9.18 Å². The Bertz CT molecular complexity index is 564. The molecule has 3 nitrogen and oxygen atoms in total. The predicted molar refractivity (Wildman–Crippen MR) is 107 cm³/mol. The molecule has 2 rings (SSSR count). The van der Waals surface area contributed by atoms with Crippen LogP contribution in [0.25, 0.3) is 0 Å². The third-order valence-electron chi connectivity index (χ3n) is 5.39. The van der Waals surface area contributed by atoms with Crippen LogP contribution < -0.4 is 4.90 Å². The zero-order chi connectivity index (χ0) is 18.9. The van der Waals surface area contributed by atoms with Gasteiger partial charge in [0.1, 0.15) is 5.82 Å². The van der Waals surface area contributed by atoms with Gasteiger partial charge in [-0.05, 0) is 62.8 Å². The number of allylic oxidation sites excluding steroid dienone is 1. The van der Waals surface area contributed by atoms with E-state index in [1.807, 2.05) is 11.0 Å². The van der Waals surface area contributed by atoms with E-state index in [0.717, 1.165) is 38.0 Å². The van der Waals surface area contributed by atoms with E-state index in [-0.39, 0.29) is 17.8 Å². The largest absolute Gasteiger partial charge is 0.310 e.